The Morgan fingerprint density at radius 3 is 3.08 bits per heavy atom. The molecule has 62 valence electrons. The summed E-state index contributed by atoms with van der Waals surface area (Å²) in [6.45, 7) is 1.99. The highest BCUT2D eigenvalue weighted by molar-refractivity contribution is 5.40. The Labute approximate surface area is 71.7 Å². The van der Waals surface area contributed by atoms with E-state index < -0.39 is 0 Å². The number of nitrogens with two attached hydrogens (primary N) is 1. The first kappa shape index (κ1) is 7.31. The lowest BCUT2D eigenvalue weighted by atomic mass is 10.3. The van der Waals surface area contributed by atoms with Crippen LogP contribution in [0.4, 0.5) is 5.69 Å². The summed E-state index contributed by atoms with van der Waals surface area (Å²) >= 11 is 0. The van der Waals surface area contributed by atoms with Crippen molar-refractivity contribution >= 4 is 5.69 Å². The van der Waals surface area contributed by atoms with Gasteiger partial charge in [-0.25, -0.2) is 10.4 Å². The van der Waals surface area contributed by atoms with Gasteiger partial charge < -0.3 is 0 Å². The van der Waals surface area contributed by atoms with Crippen LogP contribution in [-0.4, -0.2) is 18.1 Å². The van der Waals surface area contributed by atoms with Gasteiger partial charge in [0.2, 0.25) is 0 Å². The molecule has 2 heterocycles. The van der Waals surface area contributed by atoms with Gasteiger partial charge in [0.05, 0.1) is 12.7 Å². The van der Waals surface area contributed by atoms with Gasteiger partial charge in [0, 0.05) is 6.20 Å². The SMILES string of the molecule is C1=CCN(c2cccnc2)[NH2+]C1. The number of pyridine rings is 1. The largest absolute Gasteiger partial charge is 0.262 e. The second-order valence-corrected chi connectivity index (χ2v) is 2.75. The van der Waals surface area contributed by atoms with Gasteiger partial charge >= 0.3 is 0 Å². The lowest BCUT2D eigenvalue weighted by molar-refractivity contribution is -0.659. The van der Waals surface area contributed by atoms with Crippen LogP contribution in [0.1, 0.15) is 0 Å². The molecule has 0 fully saturated rings. The molecule has 0 aliphatic carbocycles. The van der Waals surface area contributed by atoms with Crippen molar-refractivity contribution in [1.29, 1.82) is 0 Å². The first-order valence-electron chi connectivity index (χ1n) is 4.12. The maximum Gasteiger partial charge on any atom is 0.117 e. The molecule has 1 aromatic rings. The van der Waals surface area contributed by atoms with E-state index in [1.165, 1.54) is 5.69 Å². The molecule has 1 aliphatic heterocycles. The van der Waals surface area contributed by atoms with Gasteiger partial charge in [0.15, 0.2) is 0 Å². The van der Waals surface area contributed by atoms with Gasteiger partial charge in [0.25, 0.3) is 0 Å². The molecule has 0 atom stereocenters. The van der Waals surface area contributed by atoms with Crippen LogP contribution >= 0.6 is 0 Å². The van der Waals surface area contributed by atoms with E-state index in [1.807, 2.05) is 12.3 Å². The molecule has 3 heteroatoms. The van der Waals surface area contributed by atoms with Gasteiger partial charge in [-0.15, -0.1) is 0 Å². The van der Waals surface area contributed by atoms with Crippen LogP contribution in [0.2, 0.25) is 0 Å². The maximum absolute atomic E-state index is 4.07. The average Bonchev–Trinajstić information content (AvgIpc) is 2.21. The molecule has 0 spiro atoms. The fraction of sp³-hybridized carbons (Fsp3) is 0.222. The summed E-state index contributed by atoms with van der Waals surface area (Å²) in [6.07, 6.45) is 8.03. The highest BCUT2D eigenvalue weighted by Gasteiger charge is 2.08. The number of hydrogen-bond donors (Lipinski definition) is 1. The Balaban J connectivity index is 2.15. The van der Waals surface area contributed by atoms with E-state index in [0.29, 0.717) is 0 Å². The zero-order valence-electron chi connectivity index (χ0n) is 6.85. The van der Waals surface area contributed by atoms with Crippen LogP contribution in [0, 0.1) is 0 Å². The van der Waals surface area contributed by atoms with Crippen molar-refractivity contribution in [3.8, 4) is 0 Å². The normalized spacial score (nSPS) is 16.5. The molecular weight excluding hydrogens is 150 g/mol. The smallest absolute Gasteiger partial charge is 0.117 e. The summed E-state index contributed by atoms with van der Waals surface area (Å²) in [5, 5.41) is 2.20. The van der Waals surface area contributed by atoms with E-state index in [0.717, 1.165) is 13.1 Å². The summed E-state index contributed by atoms with van der Waals surface area (Å²) in [7, 11) is 0. The molecule has 0 saturated carbocycles. The van der Waals surface area contributed by atoms with E-state index >= 15 is 0 Å². The second-order valence-electron chi connectivity index (χ2n) is 2.75. The summed E-state index contributed by atoms with van der Waals surface area (Å²) in [5.74, 6) is 0. The summed E-state index contributed by atoms with van der Waals surface area (Å²) in [5.41, 5.74) is 3.35. The van der Waals surface area contributed by atoms with Crippen LogP contribution in [-0.2, 0) is 0 Å². The molecule has 1 aliphatic rings. The van der Waals surface area contributed by atoms with Crippen molar-refractivity contribution in [2.24, 2.45) is 0 Å². The summed E-state index contributed by atoms with van der Waals surface area (Å²) in [6, 6.07) is 4.03. The van der Waals surface area contributed by atoms with Crippen molar-refractivity contribution in [3.63, 3.8) is 0 Å². The van der Waals surface area contributed by atoms with E-state index in [2.05, 4.69) is 33.6 Å². The lowest BCUT2D eigenvalue weighted by Crippen LogP contribution is -2.95. The minimum Gasteiger partial charge on any atom is -0.262 e. The van der Waals surface area contributed by atoms with Crippen LogP contribution in [0.25, 0.3) is 0 Å². The Kier molecular flexibility index (Phi) is 2.05. The molecule has 2 rings (SSSR count). The Hall–Kier alpha value is -1.35. The molecule has 0 unspecified atom stereocenters. The topological polar surface area (TPSA) is 32.7 Å². The zero-order valence-corrected chi connectivity index (χ0v) is 6.85. The number of rotatable bonds is 1. The molecule has 3 nitrogen and oxygen atoms in total. The molecule has 0 aromatic carbocycles. The van der Waals surface area contributed by atoms with Crippen molar-refractivity contribution in [2.75, 3.05) is 18.1 Å². The number of nitrogens with zero attached hydrogens (tertiary/aromatic N) is 2. The monoisotopic (exact) mass is 162 g/mol. The number of quaternary nitrogens is 1. The molecule has 12 heavy (non-hydrogen) atoms. The molecule has 0 saturated heterocycles. The third-order valence-corrected chi connectivity index (χ3v) is 1.91. The van der Waals surface area contributed by atoms with E-state index in [4.69, 9.17) is 0 Å². The van der Waals surface area contributed by atoms with Crippen molar-refractivity contribution in [3.05, 3.63) is 36.7 Å². The standard InChI is InChI=1S/C9H11N3/c1-2-7-12(11-6-1)9-4-3-5-10-8-9/h1-5,8,11H,6-7H2/p+1. The van der Waals surface area contributed by atoms with E-state index in [-0.39, 0.29) is 0 Å². The molecular formula is C9H12N3+. The van der Waals surface area contributed by atoms with Crippen LogP contribution in [0.15, 0.2) is 36.7 Å². The first-order valence-corrected chi connectivity index (χ1v) is 4.12. The van der Waals surface area contributed by atoms with E-state index in [9.17, 15) is 0 Å². The minimum absolute atomic E-state index is 0.964. The Morgan fingerprint density at radius 1 is 1.42 bits per heavy atom. The number of anilines is 1. The molecule has 2 N–H and O–H groups in total. The maximum atomic E-state index is 4.07. The van der Waals surface area contributed by atoms with Crippen molar-refractivity contribution in [2.45, 2.75) is 0 Å². The number of aromatic nitrogens is 1. The second kappa shape index (κ2) is 3.36. The Bertz CT molecular complexity index is 268. The van der Waals surface area contributed by atoms with Gasteiger partial charge in [-0.2, -0.15) is 0 Å². The molecule has 0 amide bonds. The summed E-state index contributed by atoms with van der Waals surface area (Å²) < 4.78 is 0. The summed E-state index contributed by atoms with van der Waals surface area (Å²) in [4.78, 5) is 4.07. The highest BCUT2D eigenvalue weighted by atomic mass is 15.5. The fourth-order valence-corrected chi connectivity index (χ4v) is 1.28. The van der Waals surface area contributed by atoms with Crippen LogP contribution in [0.5, 0.6) is 0 Å². The molecule has 0 bridgehead atoms. The third-order valence-electron chi connectivity index (χ3n) is 1.91. The van der Waals surface area contributed by atoms with Gasteiger partial charge in [-0.1, -0.05) is 6.08 Å². The Morgan fingerprint density at radius 2 is 2.42 bits per heavy atom. The van der Waals surface area contributed by atoms with Gasteiger partial charge in [0.1, 0.15) is 12.2 Å². The van der Waals surface area contributed by atoms with Crippen LogP contribution in [0.3, 0.4) is 0 Å². The minimum atomic E-state index is 0.964. The lowest BCUT2D eigenvalue weighted by Gasteiger charge is -2.21. The van der Waals surface area contributed by atoms with E-state index in [1.54, 1.807) is 6.20 Å². The predicted molar refractivity (Wildman–Crippen MR) is 47.5 cm³/mol. The highest BCUT2D eigenvalue weighted by Crippen LogP contribution is 2.06. The predicted octanol–water partition coefficient (Wildman–Crippen LogP) is -0.0638. The first-order chi connectivity index (χ1) is 5.97. The number of hydrogen-bond acceptors (Lipinski definition) is 2. The van der Waals surface area contributed by atoms with Crippen molar-refractivity contribution in [1.82, 2.24) is 4.98 Å². The van der Waals surface area contributed by atoms with Gasteiger partial charge in [-0.05, 0) is 18.2 Å². The van der Waals surface area contributed by atoms with Crippen molar-refractivity contribution < 1.29 is 5.43 Å². The van der Waals surface area contributed by atoms with Crippen LogP contribution < -0.4 is 10.4 Å². The molecule has 1 aromatic heterocycles. The van der Waals surface area contributed by atoms with Gasteiger partial charge in [-0.3, -0.25) is 4.98 Å². The molecule has 0 radical (unpaired) electrons. The quantitative estimate of drug-likeness (QED) is 0.463. The zero-order chi connectivity index (χ0) is 8.23. The third kappa shape index (κ3) is 1.46. The fourth-order valence-electron chi connectivity index (χ4n) is 1.28. The average molecular weight is 162 g/mol.